The van der Waals surface area contributed by atoms with Crippen LogP contribution in [0.4, 0.5) is 11.6 Å². The summed E-state index contributed by atoms with van der Waals surface area (Å²) in [5.74, 6) is 2.65. The van der Waals surface area contributed by atoms with E-state index in [2.05, 4.69) is 41.0 Å². The first-order chi connectivity index (χ1) is 9.00. The lowest BCUT2D eigenvalue weighted by Crippen LogP contribution is -2.27. The smallest absolute Gasteiger partial charge is 0.149 e. The molecule has 19 heavy (non-hydrogen) atoms. The average molecular weight is 262 g/mol. The van der Waals surface area contributed by atoms with E-state index < -0.39 is 0 Å². The van der Waals surface area contributed by atoms with Gasteiger partial charge in [0.25, 0.3) is 0 Å². The van der Waals surface area contributed by atoms with Crippen molar-refractivity contribution in [3.8, 4) is 0 Å². The summed E-state index contributed by atoms with van der Waals surface area (Å²) >= 11 is 0. The van der Waals surface area contributed by atoms with Crippen LogP contribution in [0.15, 0.2) is 12.4 Å². The lowest BCUT2D eigenvalue weighted by Gasteiger charge is -2.29. The molecule has 4 nitrogen and oxygen atoms in total. The average Bonchev–Trinajstić information content (AvgIpc) is 2.64. The highest BCUT2D eigenvalue weighted by Gasteiger charge is 2.27. The number of hydrogen-bond acceptors (Lipinski definition) is 4. The van der Waals surface area contributed by atoms with Gasteiger partial charge in [-0.1, -0.05) is 20.8 Å². The third-order valence-electron chi connectivity index (χ3n) is 4.15. The lowest BCUT2D eigenvalue weighted by molar-refractivity contribution is 0.220. The van der Waals surface area contributed by atoms with E-state index in [1.54, 1.807) is 6.20 Å². The number of aromatic nitrogens is 2. The topological polar surface area (TPSA) is 41.1 Å². The minimum Gasteiger partial charge on any atom is -0.372 e. The van der Waals surface area contributed by atoms with Crippen LogP contribution in [0, 0.1) is 11.3 Å². The fourth-order valence-electron chi connectivity index (χ4n) is 2.82. The Labute approximate surface area is 116 Å². The molecule has 1 aromatic heterocycles. The maximum absolute atomic E-state index is 4.60. The lowest BCUT2D eigenvalue weighted by atomic mass is 9.77. The Hall–Kier alpha value is -1.32. The van der Waals surface area contributed by atoms with Crippen LogP contribution in [0.3, 0.4) is 0 Å². The van der Waals surface area contributed by atoms with E-state index in [1.165, 1.54) is 19.3 Å². The van der Waals surface area contributed by atoms with E-state index in [0.717, 1.165) is 30.6 Å². The molecule has 0 amide bonds. The fraction of sp³-hybridized carbons (Fsp3) is 0.733. The summed E-state index contributed by atoms with van der Waals surface area (Å²) < 4.78 is 0. The van der Waals surface area contributed by atoms with Gasteiger partial charge in [0.15, 0.2) is 0 Å². The Morgan fingerprint density at radius 1 is 1.21 bits per heavy atom. The van der Waals surface area contributed by atoms with Crippen molar-refractivity contribution in [1.29, 1.82) is 0 Å². The molecule has 0 saturated carbocycles. The largest absolute Gasteiger partial charge is 0.372 e. The van der Waals surface area contributed by atoms with Crippen LogP contribution in [0.25, 0.3) is 0 Å². The first-order valence-electron chi connectivity index (χ1n) is 7.25. The van der Waals surface area contributed by atoms with Crippen LogP contribution in [-0.2, 0) is 0 Å². The van der Waals surface area contributed by atoms with Gasteiger partial charge in [0.2, 0.25) is 0 Å². The second-order valence-electron chi connectivity index (χ2n) is 6.49. The van der Waals surface area contributed by atoms with E-state index in [1.807, 2.05) is 13.2 Å². The van der Waals surface area contributed by atoms with Crippen molar-refractivity contribution < 1.29 is 0 Å². The van der Waals surface area contributed by atoms with Gasteiger partial charge in [-0.05, 0) is 30.6 Å². The molecule has 0 radical (unpaired) electrons. The maximum Gasteiger partial charge on any atom is 0.149 e. The molecule has 1 aromatic rings. The third-order valence-corrected chi connectivity index (χ3v) is 4.15. The number of nitrogens with one attached hydrogen (secondary N) is 1. The Bertz CT molecular complexity index is 411. The molecule has 1 N–H and O–H groups in total. The van der Waals surface area contributed by atoms with Crippen LogP contribution in [0.2, 0.25) is 0 Å². The predicted molar refractivity (Wildman–Crippen MR) is 80.6 cm³/mol. The molecular weight excluding hydrogens is 236 g/mol. The van der Waals surface area contributed by atoms with Crippen molar-refractivity contribution in [1.82, 2.24) is 9.97 Å². The zero-order valence-electron chi connectivity index (χ0n) is 12.6. The summed E-state index contributed by atoms with van der Waals surface area (Å²) in [6, 6.07) is 0. The summed E-state index contributed by atoms with van der Waals surface area (Å²) in [4.78, 5) is 11.2. The summed E-state index contributed by atoms with van der Waals surface area (Å²) in [7, 11) is 1.88. The third kappa shape index (κ3) is 3.58. The van der Waals surface area contributed by atoms with E-state index in [-0.39, 0.29) is 0 Å². The quantitative estimate of drug-likeness (QED) is 0.889. The maximum atomic E-state index is 4.60. The van der Waals surface area contributed by atoms with Gasteiger partial charge in [-0.15, -0.1) is 0 Å². The van der Waals surface area contributed by atoms with Gasteiger partial charge in [0.1, 0.15) is 11.6 Å². The van der Waals surface area contributed by atoms with Gasteiger partial charge in [0.05, 0.1) is 12.4 Å². The van der Waals surface area contributed by atoms with Crippen LogP contribution in [0.5, 0.6) is 0 Å². The van der Waals surface area contributed by atoms with Crippen LogP contribution in [0.1, 0.15) is 40.0 Å². The minimum absolute atomic E-state index is 0.411. The van der Waals surface area contributed by atoms with Crippen molar-refractivity contribution in [2.45, 2.75) is 40.0 Å². The minimum atomic E-state index is 0.411. The molecule has 0 aromatic carbocycles. The molecule has 106 valence electrons. The van der Waals surface area contributed by atoms with Gasteiger partial charge < -0.3 is 10.2 Å². The van der Waals surface area contributed by atoms with E-state index in [9.17, 15) is 0 Å². The first-order valence-corrected chi connectivity index (χ1v) is 7.25. The predicted octanol–water partition coefficient (Wildman–Crippen LogP) is 3.17. The standard InChI is InChI=1S/C15H26N4/c1-15(2,3)12-6-5-8-19(9-7-12)14-11-17-10-13(16-4)18-14/h10-12H,5-9H2,1-4H3,(H,16,18). The molecule has 2 heterocycles. The van der Waals surface area contributed by atoms with Gasteiger partial charge in [-0.3, -0.25) is 4.98 Å². The Morgan fingerprint density at radius 2 is 2.00 bits per heavy atom. The number of hydrogen-bond donors (Lipinski definition) is 1. The van der Waals surface area contributed by atoms with Crippen molar-refractivity contribution in [3.05, 3.63) is 12.4 Å². The SMILES string of the molecule is CNc1cncc(N2CCCC(C(C)(C)C)CC2)n1. The molecule has 1 fully saturated rings. The Kier molecular flexibility index (Phi) is 4.27. The van der Waals surface area contributed by atoms with E-state index in [4.69, 9.17) is 0 Å². The van der Waals surface area contributed by atoms with Crippen LogP contribution < -0.4 is 10.2 Å². The Morgan fingerprint density at radius 3 is 2.68 bits per heavy atom. The Balaban J connectivity index is 2.06. The monoisotopic (exact) mass is 262 g/mol. The molecule has 4 heteroatoms. The zero-order chi connectivity index (χ0) is 13.9. The van der Waals surface area contributed by atoms with Crippen LogP contribution in [-0.4, -0.2) is 30.1 Å². The molecule has 1 atom stereocenters. The zero-order valence-corrected chi connectivity index (χ0v) is 12.6. The second-order valence-corrected chi connectivity index (χ2v) is 6.49. The molecular formula is C15H26N4. The summed E-state index contributed by atoms with van der Waals surface area (Å²) in [6.45, 7) is 9.25. The molecule has 1 unspecified atom stereocenters. The molecule has 0 bridgehead atoms. The molecule has 0 aliphatic carbocycles. The highest BCUT2D eigenvalue weighted by molar-refractivity contribution is 5.43. The highest BCUT2D eigenvalue weighted by atomic mass is 15.2. The molecule has 1 aliphatic rings. The van der Waals surface area contributed by atoms with E-state index >= 15 is 0 Å². The normalized spacial score (nSPS) is 21.1. The van der Waals surface area contributed by atoms with Gasteiger partial charge in [-0.2, -0.15) is 0 Å². The number of anilines is 2. The summed E-state index contributed by atoms with van der Waals surface area (Å²) in [5, 5.41) is 3.05. The van der Waals surface area contributed by atoms with Crippen molar-refractivity contribution in [2.24, 2.45) is 11.3 Å². The van der Waals surface area contributed by atoms with Gasteiger partial charge in [0, 0.05) is 20.1 Å². The summed E-state index contributed by atoms with van der Waals surface area (Å²) in [6.07, 6.45) is 7.44. The molecule has 1 aliphatic heterocycles. The summed E-state index contributed by atoms with van der Waals surface area (Å²) in [5.41, 5.74) is 0.411. The number of nitrogens with zero attached hydrogens (tertiary/aromatic N) is 3. The van der Waals surface area contributed by atoms with Gasteiger partial charge >= 0.3 is 0 Å². The van der Waals surface area contributed by atoms with Crippen molar-refractivity contribution >= 4 is 11.6 Å². The highest BCUT2D eigenvalue weighted by Crippen LogP contribution is 2.34. The second kappa shape index (κ2) is 5.76. The fourth-order valence-corrected chi connectivity index (χ4v) is 2.82. The van der Waals surface area contributed by atoms with E-state index in [0.29, 0.717) is 5.41 Å². The molecule has 2 rings (SSSR count). The first kappa shape index (κ1) is 14.1. The van der Waals surface area contributed by atoms with Crippen molar-refractivity contribution in [3.63, 3.8) is 0 Å². The number of rotatable bonds is 2. The molecule has 0 spiro atoms. The van der Waals surface area contributed by atoms with Crippen LogP contribution >= 0.6 is 0 Å². The molecule has 1 saturated heterocycles. The van der Waals surface area contributed by atoms with Gasteiger partial charge in [-0.25, -0.2) is 4.98 Å². The van der Waals surface area contributed by atoms with Crippen molar-refractivity contribution in [2.75, 3.05) is 30.4 Å².